The number of nitrogens with zero attached hydrogens (tertiary/aromatic N) is 3. The number of carbonyl (C=O) groups is 1. The van der Waals surface area contributed by atoms with Crippen LogP contribution < -0.4 is 9.47 Å². The summed E-state index contributed by atoms with van der Waals surface area (Å²) in [6.45, 7) is 2.94. The molecule has 8 heteroatoms. The molecule has 27 heavy (non-hydrogen) atoms. The zero-order chi connectivity index (χ0) is 18.8. The van der Waals surface area contributed by atoms with Crippen molar-refractivity contribution in [2.24, 2.45) is 0 Å². The van der Waals surface area contributed by atoms with Crippen molar-refractivity contribution in [1.29, 1.82) is 0 Å². The molecule has 0 saturated carbocycles. The number of fused-ring (bicyclic) bond motifs is 1. The Hall–Kier alpha value is -2.51. The van der Waals surface area contributed by atoms with Crippen LogP contribution in [0.4, 0.5) is 0 Å². The minimum Gasteiger partial charge on any atom is -0.454 e. The summed E-state index contributed by atoms with van der Waals surface area (Å²) in [5.41, 5.74) is 1.52. The van der Waals surface area contributed by atoms with Gasteiger partial charge in [0.25, 0.3) is 0 Å². The SMILES string of the molecule is CCn1c(SCC(=O)c2ccc(Cl)cc2)nnc1-c1ccc2c(c1)OCO2. The Morgan fingerprint density at radius 2 is 1.93 bits per heavy atom. The van der Waals surface area contributed by atoms with E-state index in [0.29, 0.717) is 28.0 Å². The Morgan fingerprint density at radius 3 is 2.70 bits per heavy atom. The van der Waals surface area contributed by atoms with Crippen LogP contribution in [0.5, 0.6) is 11.5 Å². The van der Waals surface area contributed by atoms with Gasteiger partial charge in [0.05, 0.1) is 5.75 Å². The predicted molar refractivity (Wildman–Crippen MR) is 104 cm³/mol. The van der Waals surface area contributed by atoms with Gasteiger partial charge in [-0.05, 0) is 49.4 Å². The quantitative estimate of drug-likeness (QED) is 0.452. The molecule has 0 N–H and O–H groups in total. The van der Waals surface area contributed by atoms with Crippen LogP contribution in [0.1, 0.15) is 17.3 Å². The maximum atomic E-state index is 12.4. The Kier molecular flexibility index (Phi) is 5.05. The highest BCUT2D eigenvalue weighted by molar-refractivity contribution is 7.99. The van der Waals surface area contributed by atoms with Crippen LogP contribution in [-0.4, -0.2) is 33.1 Å². The molecule has 0 spiro atoms. The molecule has 0 aliphatic carbocycles. The van der Waals surface area contributed by atoms with E-state index >= 15 is 0 Å². The summed E-state index contributed by atoms with van der Waals surface area (Å²) in [5, 5.41) is 9.89. The van der Waals surface area contributed by atoms with Gasteiger partial charge in [-0.15, -0.1) is 10.2 Å². The Balaban J connectivity index is 1.52. The monoisotopic (exact) mass is 401 g/mol. The van der Waals surface area contributed by atoms with Gasteiger partial charge in [-0.3, -0.25) is 4.79 Å². The third-order valence-corrected chi connectivity index (χ3v) is 5.38. The van der Waals surface area contributed by atoms with Gasteiger partial charge in [-0.2, -0.15) is 0 Å². The molecule has 6 nitrogen and oxygen atoms in total. The van der Waals surface area contributed by atoms with Gasteiger partial charge in [0.2, 0.25) is 6.79 Å². The van der Waals surface area contributed by atoms with E-state index in [4.69, 9.17) is 21.1 Å². The number of aromatic nitrogens is 3. The summed E-state index contributed by atoms with van der Waals surface area (Å²) < 4.78 is 12.8. The molecule has 0 bridgehead atoms. The van der Waals surface area contributed by atoms with Crippen molar-refractivity contribution >= 4 is 29.1 Å². The normalized spacial score (nSPS) is 12.4. The van der Waals surface area contributed by atoms with Crippen LogP contribution in [0.15, 0.2) is 47.6 Å². The molecule has 2 aromatic carbocycles. The second-order valence-electron chi connectivity index (χ2n) is 5.84. The molecule has 2 heterocycles. The number of benzene rings is 2. The second kappa shape index (κ2) is 7.62. The summed E-state index contributed by atoms with van der Waals surface area (Å²) in [5.74, 6) is 2.46. The lowest BCUT2D eigenvalue weighted by Crippen LogP contribution is -2.05. The number of halogens is 1. The van der Waals surface area contributed by atoms with Gasteiger partial charge in [-0.25, -0.2) is 0 Å². The van der Waals surface area contributed by atoms with E-state index in [0.717, 1.165) is 17.1 Å². The minimum atomic E-state index is 0.0203. The molecule has 0 unspecified atom stereocenters. The van der Waals surface area contributed by atoms with E-state index < -0.39 is 0 Å². The maximum absolute atomic E-state index is 12.4. The van der Waals surface area contributed by atoms with E-state index in [1.165, 1.54) is 11.8 Å². The molecular formula is C19H16ClN3O3S. The van der Waals surface area contributed by atoms with Crippen molar-refractivity contribution in [3.05, 3.63) is 53.1 Å². The minimum absolute atomic E-state index is 0.0203. The zero-order valence-corrected chi connectivity index (χ0v) is 16.1. The van der Waals surface area contributed by atoms with E-state index in [2.05, 4.69) is 10.2 Å². The average molecular weight is 402 g/mol. The lowest BCUT2D eigenvalue weighted by atomic mass is 10.1. The first-order valence-corrected chi connectivity index (χ1v) is 9.77. The molecule has 1 aromatic heterocycles. The smallest absolute Gasteiger partial charge is 0.231 e. The fraction of sp³-hybridized carbons (Fsp3) is 0.211. The fourth-order valence-corrected chi connectivity index (χ4v) is 3.80. The highest BCUT2D eigenvalue weighted by Crippen LogP contribution is 2.36. The van der Waals surface area contributed by atoms with E-state index in [1.54, 1.807) is 24.3 Å². The van der Waals surface area contributed by atoms with Crippen LogP contribution >= 0.6 is 23.4 Å². The Morgan fingerprint density at radius 1 is 1.15 bits per heavy atom. The topological polar surface area (TPSA) is 66.2 Å². The van der Waals surface area contributed by atoms with Gasteiger partial charge < -0.3 is 14.0 Å². The fourth-order valence-electron chi connectivity index (χ4n) is 2.78. The van der Waals surface area contributed by atoms with Gasteiger partial charge in [-0.1, -0.05) is 23.4 Å². The van der Waals surface area contributed by atoms with Gasteiger partial charge in [0.15, 0.2) is 28.3 Å². The number of carbonyl (C=O) groups excluding carboxylic acids is 1. The van der Waals surface area contributed by atoms with Crippen LogP contribution in [0, 0.1) is 0 Å². The van der Waals surface area contributed by atoms with Crippen LogP contribution in [0.25, 0.3) is 11.4 Å². The van der Waals surface area contributed by atoms with Crippen LogP contribution in [0.2, 0.25) is 5.02 Å². The molecular weight excluding hydrogens is 386 g/mol. The molecule has 0 saturated heterocycles. The molecule has 138 valence electrons. The number of hydrogen-bond donors (Lipinski definition) is 0. The van der Waals surface area contributed by atoms with Crippen molar-refractivity contribution in [1.82, 2.24) is 14.8 Å². The Labute approximate surface area is 165 Å². The molecule has 0 atom stereocenters. The van der Waals surface area contributed by atoms with Crippen LogP contribution in [0.3, 0.4) is 0 Å². The van der Waals surface area contributed by atoms with Crippen molar-refractivity contribution in [2.75, 3.05) is 12.5 Å². The third-order valence-electron chi connectivity index (χ3n) is 4.16. The predicted octanol–water partition coefficient (Wildman–Crippen LogP) is 4.32. The number of hydrogen-bond acceptors (Lipinski definition) is 6. The molecule has 1 aliphatic rings. The molecule has 1 aliphatic heterocycles. The van der Waals surface area contributed by atoms with Gasteiger partial charge >= 0.3 is 0 Å². The molecule has 0 amide bonds. The van der Waals surface area contributed by atoms with E-state index in [-0.39, 0.29) is 18.3 Å². The summed E-state index contributed by atoms with van der Waals surface area (Å²) >= 11 is 7.24. The largest absolute Gasteiger partial charge is 0.454 e. The summed E-state index contributed by atoms with van der Waals surface area (Å²) in [7, 11) is 0. The highest BCUT2D eigenvalue weighted by Gasteiger charge is 2.19. The number of Topliss-reactive ketones (excluding diaryl/α,β-unsaturated/α-hetero) is 1. The highest BCUT2D eigenvalue weighted by atomic mass is 35.5. The lowest BCUT2D eigenvalue weighted by Gasteiger charge is -2.08. The number of rotatable bonds is 6. The molecule has 4 rings (SSSR count). The standard InChI is InChI=1S/C19H16ClN3O3S/c1-2-23-18(13-5-8-16-17(9-13)26-11-25-16)21-22-19(23)27-10-15(24)12-3-6-14(20)7-4-12/h3-9H,2,10-11H2,1H3. The van der Waals surface area contributed by atoms with Crippen molar-refractivity contribution in [3.63, 3.8) is 0 Å². The summed E-state index contributed by atoms with van der Waals surface area (Å²) in [4.78, 5) is 12.4. The van der Waals surface area contributed by atoms with E-state index in [9.17, 15) is 4.79 Å². The number of ketones is 1. The first-order chi connectivity index (χ1) is 13.2. The van der Waals surface area contributed by atoms with Crippen LogP contribution in [-0.2, 0) is 6.54 Å². The van der Waals surface area contributed by atoms with Crippen molar-refractivity contribution in [3.8, 4) is 22.9 Å². The first-order valence-electron chi connectivity index (χ1n) is 8.40. The number of thioether (sulfide) groups is 1. The van der Waals surface area contributed by atoms with E-state index in [1.807, 2.05) is 29.7 Å². The van der Waals surface area contributed by atoms with Gasteiger partial charge in [0.1, 0.15) is 0 Å². The van der Waals surface area contributed by atoms with Crippen molar-refractivity contribution in [2.45, 2.75) is 18.6 Å². The van der Waals surface area contributed by atoms with Crippen molar-refractivity contribution < 1.29 is 14.3 Å². The summed E-state index contributed by atoms with van der Waals surface area (Å²) in [6.07, 6.45) is 0. The van der Waals surface area contributed by atoms with Gasteiger partial charge in [0, 0.05) is 22.7 Å². The first kappa shape index (κ1) is 17.9. The zero-order valence-electron chi connectivity index (χ0n) is 14.5. The summed E-state index contributed by atoms with van der Waals surface area (Å²) in [6, 6.07) is 12.6. The number of ether oxygens (including phenoxy) is 2. The molecule has 0 radical (unpaired) electrons. The molecule has 3 aromatic rings. The second-order valence-corrected chi connectivity index (χ2v) is 7.22. The third kappa shape index (κ3) is 3.65. The average Bonchev–Trinajstić information content (AvgIpc) is 3.32. The molecule has 0 fully saturated rings. The maximum Gasteiger partial charge on any atom is 0.231 e. The lowest BCUT2D eigenvalue weighted by molar-refractivity contribution is 0.102. The Bertz CT molecular complexity index is 988.